The predicted molar refractivity (Wildman–Crippen MR) is 73.1 cm³/mol. The normalized spacial score (nSPS) is 29.4. The van der Waals surface area contributed by atoms with Crippen molar-refractivity contribution in [1.82, 2.24) is 10.2 Å². The number of fused-ring (bicyclic) bond motifs is 1. The van der Waals surface area contributed by atoms with Gasteiger partial charge in [0, 0.05) is 31.5 Å². The number of piperidine rings is 1. The molecule has 0 unspecified atom stereocenters. The molecule has 1 saturated heterocycles. The number of amides is 2. The number of nitrogens with zero attached hydrogens (tertiary/aromatic N) is 1. The zero-order chi connectivity index (χ0) is 14.2. The summed E-state index contributed by atoms with van der Waals surface area (Å²) in [4.78, 5) is 25.7. The number of hydrogen-bond donors (Lipinski definition) is 1. The number of carbonyl (C=O) groups is 2. The van der Waals surface area contributed by atoms with E-state index in [0.29, 0.717) is 18.5 Å². The smallest absolute Gasteiger partial charge is 0.254 e. The van der Waals surface area contributed by atoms with Gasteiger partial charge in [0.25, 0.3) is 5.91 Å². The molecule has 2 fully saturated rings. The van der Waals surface area contributed by atoms with Crippen LogP contribution in [0.1, 0.15) is 42.5 Å². The average Bonchev–Trinajstić information content (AvgIpc) is 3.10. The molecule has 1 N–H and O–H groups in total. The Morgan fingerprint density at radius 3 is 3.15 bits per heavy atom. The van der Waals surface area contributed by atoms with Crippen LogP contribution in [0.25, 0.3) is 0 Å². The highest BCUT2D eigenvalue weighted by atomic mass is 16.3. The highest BCUT2D eigenvalue weighted by Crippen LogP contribution is 2.47. The molecular weight excluding hydrogens is 256 g/mol. The summed E-state index contributed by atoms with van der Waals surface area (Å²) in [5.74, 6) is 0.131. The Labute approximate surface area is 118 Å². The Balaban J connectivity index is 1.69. The second kappa shape index (κ2) is 4.96. The molecule has 3 rings (SSSR count). The molecular formula is C15H20N2O3. The minimum atomic E-state index is -0.0988. The van der Waals surface area contributed by atoms with E-state index in [1.165, 1.54) is 12.5 Å². The summed E-state index contributed by atoms with van der Waals surface area (Å²) in [6.07, 6.45) is 7.68. The molecule has 0 aromatic carbocycles. The van der Waals surface area contributed by atoms with Gasteiger partial charge in [-0.2, -0.15) is 0 Å². The zero-order valence-corrected chi connectivity index (χ0v) is 11.7. The van der Waals surface area contributed by atoms with Gasteiger partial charge in [0.05, 0.1) is 11.8 Å². The van der Waals surface area contributed by atoms with Crippen LogP contribution in [0, 0.1) is 5.41 Å². The number of rotatable bonds is 3. The van der Waals surface area contributed by atoms with Gasteiger partial charge in [-0.15, -0.1) is 0 Å². The second-order valence-corrected chi connectivity index (χ2v) is 5.97. The van der Waals surface area contributed by atoms with Gasteiger partial charge in [-0.1, -0.05) is 6.42 Å². The highest BCUT2D eigenvalue weighted by molar-refractivity contribution is 5.93. The van der Waals surface area contributed by atoms with E-state index >= 15 is 0 Å². The highest BCUT2D eigenvalue weighted by Gasteiger charge is 2.49. The Kier molecular flexibility index (Phi) is 3.28. The summed E-state index contributed by atoms with van der Waals surface area (Å²) >= 11 is 0. The Morgan fingerprint density at radius 1 is 1.55 bits per heavy atom. The first kappa shape index (κ1) is 13.2. The van der Waals surface area contributed by atoms with Crippen molar-refractivity contribution >= 4 is 11.8 Å². The van der Waals surface area contributed by atoms with Crippen molar-refractivity contribution in [3.8, 4) is 0 Å². The van der Waals surface area contributed by atoms with Gasteiger partial charge in [0.1, 0.15) is 6.26 Å². The first-order valence-corrected chi connectivity index (χ1v) is 7.18. The van der Waals surface area contributed by atoms with Gasteiger partial charge in [-0.05, 0) is 25.3 Å². The lowest BCUT2D eigenvalue weighted by atomic mass is 9.74. The summed E-state index contributed by atoms with van der Waals surface area (Å²) in [5, 5.41) is 3.02. The van der Waals surface area contributed by atoms with Crippen molar-refractivity contribution in [2.45, 2.75) is 38.1 Å². The van der Waals surface area contributed by atoms with Crippen LogP contribution < -0.4 is 5.32 Å². The molecule has 1 aliphatic carbocycles. The van der Waals surface area contributed by atoms with Gasteiger partial charge in [0.2, 0.25) is 5.91 Å². The quantitative estimate of drug-likeness (QED) is 0.915. The standard InChI is InChI=1S/C15H20N2O3/c1-17-12-3-2-6-15(12,7-4-13(17)18)10-16-14(19)11-5-8-20-9-11/h5,8-9,12H,2-4,6-7,10H2,1H3,(H,16,19)/t12-,15+/m1/s1. The number of hydrogen-bond acceptors (Lipinski definition) is 3. The van der Waals surface area contributed by atoms with Crippen LogP contribution in [0.5, 0.6) is 0 Å². The van der Waals surface area contributed by atoms with Gasteiger partial charge in [-0.3, -0.25) is 9.59 Å². The maximum absolute atomic E-state index is 12.0. The van der Waals surface area contributed by atoms with Crippen LogP contribution in [-0.2, 0) is 4.79 Å². The fourth-order valence-corrected chi connectivity index (χ4v) is 3.77. The zero-order valence-electron chi connectivity index (χ0n) is 11.7. The summed E-state index contributed by atoms with van der Waals surface area (Å²) in [6.45, 7) is 0.638. The Hall–Kier alpha value is -1.78. The summed E-state index contributed by atoms with van der Waals surface area (Å²) < 4.78 is 4.93. The molecule has 108 valence electrons. The average molecular weight is 276 g/mol. The first-order valence-electron chi connectivity index (χ1n) is 7.18. The van der Waals surface area contributed by atoms with Gasteiger partial charge in [0.15, 0.2) is 0 Å². The number of nitrogens with one attached hydrogen (secondary N) is 1. The fourth-order valence-electron chi connectivity index (χ4n) is 3.77. The van der Waals surface area contributed by atoms with Crippen LogP contribution in [0.4, 0.5) is 0 Å². The van der Waals surface area contributed by atoms with E-state index in [1.807, 2.05) is 11.9 Å². The molecule has 20 heavy (non-hydrogen) atoms. The van der Waals surface area contributed by atoms with E-state index in [9.17, 15) is 9.59 Å². The van der Waals surface area contributed by atoms with E-state index in [4.69, 9.17) is 4.42 Å². The fraction of sp³-hybridized carbons (Fsp3) is 0.600. The van der Waals surface area contributed by atoms with E-state index in [-0.39, 0.29) is 23.3 Å². The minimum Gasteiger partial charge on any atom is -0.472 e. The summed E-state index contributed by atoms with van der Waals surface area (Å²) in [6, 6.07) is 1.93. The molecule has 2 heterocycles. The number of carbonyl (C=O) groups excluding carboxylic acids is 2. The van der Waals surface area contributed by atoms with Crippen LogP contribution >= 0.6 is 0 Å². The van der Waals surface area contributed by atoms with E-state index < -0.39 is 0 Å². The molecule has 0 spiro atoms. The molecule has 2 atom stereocenters. The van der Waals surface area contributed by atoms with Crippen molar-refractivity contribution in [3.63, 3.8) is 0 Å². The van der Waals surface area contributed by atoms with Crippen LogP contribution in [0.15, 0.2) is 23.0 Å². The predicted octanol–water partition coefficient (Wildman–Crippen LogP) is 1.80. The first-order chi connectivity index (χ1) is 9.62. The van der Waals surface area contributed by atoms with Crippen LogP contribution in [-0.4, -0.2) is 36.3 Å². The molecule has 2 aliphatic rings. The molecule has 5 heteroatoms. The Morgan fingerprint density at radius 2 is 2.40 bits per heavy atom. The lowest BCUT2D eigenvalue weighted by molar-refractivity contribution is -0.139. The monoisotopic (exact) mass is 276 g/mol. The van der Waals surface area contributed by atoms with Crippen LogP contribution in [0.3, 0.4) is 0 Å². The molecule has 0 bridgehead atoms. The van der Waals surface area contributed by atoms with E-state index in [1.54, 1.807) is 6.07 Å². The van der Waals surface area contributed by atoms with E-state index in [0.717, 1.165) is 25.7 Å². The van der Waals surface area contributed by atoms with Crippen molar-refractivity contribution in [2.24, 2.45) is 5.41 Å². The van der Waals surface area contributed by atoms with Crippen LogP contribution in [0.2, 0.25) is 0 Å². The molecule has 2 amide bonds. The molecule has 1 aromatic heterocycles. The van der Waals surface area contributed by atoms with Crippen molar-refractivity contribution in [1.29, 1.82) is 0 Å². The van der Waals surface area contributed by atoms with Gasteiger partial charge >= 0.3 is 0 Å². The third-order valence-electron chi connectivity index (χ3n) is 4.94. The number of furan rings is 1. The molecule has 1 saturated carbocycles. The maximum Gasteiger partial charge on any atom is 0.254 e. The lowest BCUT2D eigenvalue weighted by Gasteiger charge is -2.44. The van der Waals surface area contributed by atoms with Gasteiger partial charge in [-0.25, -0.2) is 0 Å². The van der Waals surface area contributed by atoms with Gasteiger partial charge < -0.3 is 14.6 Å². The molecule has 1 aromatic rings. The third-order valence-corrected chi connectivity index (χ3v) is 4.94. The second-order valence-electron chi connectivity index (χ2n) is 5.97. The summed E-state index contributed by atoms with van der Waals surface area (Å²) in [7, 11) is 1.89. The largest absolute Gasteiger partial charge is 0.472 e. The molecule has 1 aliphatic heterocycles. The molecule has 0 radical (unpaired) electrons. The Bertz CT molecular complexity index is 511. The maximum atomic E-state index is 12.0. The lowest BCUT2D eigenvalue weighted by Crippen LogP contribution is -2.54. The third kappa shape index (κ3) is 2.11. The summed E-state index contributed by atoms with van der Waals surface area (Å²) in [5.41, 5.74) is 0.610. The van der Waals surface area contributed by atoms with Crippen molar-refractivity contribution in [3.05, 3.63) is 24.2 Å². The SMILES string of the molecule is CN1C(=O)CC[C@]2(CNC(=O)c3ccoc3)CCC[C@@H]12. The topological polar surface area (TPSA) is 62.6 Å². The minimum absolute atomic E-state index is 0.0576. The van der Waals surface area contributed by atoms with E-state index in [2.05, 4.69) is 5.32 Å². The van der Waals surface area contributed by atoms with Crippen molar-refractivity contribution < 1.29 is 14.0 Å². The number of likely N-dealkylation sites (tertiary alicyclic amines) is 1. The van der Waals surface area contributed by atoms with Crippen molar-refractivity contribution in [2.75, 3.05) is 13.6 Å². The molecule has 5 nitrogen and oxygen atoms in total.